The number of ether oxygens (including phenoxy) is 1. The van der Waals surface area contributed by atoms with Gasteiger partial charge < -0.3 is 9.84 Å². The van der Waals surface area contributed by atoms with Crippen molar-refractivity contribution in [2.45, 2.75) is 79.4 Å². The monoisotopic (exact) mass is 282 g/mol. The number of aliphatic hydroxyl groups excluding tert-OH is 1. The van der Waals surface area contributed by atoms with Gasteiger partial charge in [0.2, 0.25) is 0 Å². The van der Waals surface area contributed by atoms with E-state index in [0.717, 1.165) is 19.4 Å². The Bertz CT molecular complexity index is 325. The molecule has 1 N–H and O–H groups in total. The predicted octanol–water partition coefficient (Wildman–Crippen LogP) is 4.26. The summed E-state index contributed by atoms with van der Waals surface area (Å²) in [5, 5.41) is 10.4. The van der Waals surface area contributed by atoms with Crippen LogP contribution in [-0.4, -0.2) is 23.9 Å². The van der Waals surface area contributed by atoms with Gasteiger partial charge >= 0.3 is 0 Å². The molecule has 20 heavy (non-hydrogen) atoms. The molecule has 0 amide bonds. The molecular formula is C18H34O2. The molecule has 2 fully saturated rings. The van der Waals surface area contributed by atoms with E-state index in [9.17, 15) is 5.11 Å². The number of rotatable bonds is 5. The summed E-state index contributed by atoms with van der Waals surface area (Å²) in [6, 6.07) is 0. The van der Waals surface area contributed by atoms with Crippen LogP contribution in [0.2, 0.25) is 0 Å². The first-order valence-corrected chi connectivity index (χ1v) is 8.40. The third-order valence-electron chi connectivity index (χ3n) is 5.25. The molecule has 0 bridgehead atoms. The van der Waals surface area contributed by atoms with Gasteiger partial charge in [-0.2, -0.15) is 0 Å². The highest BCUT2D eigenvalue weighted by Crippen LogP contribution is 2.47. The van der Waals surface area contributed by atoms with Gasteiger partial charge in [-0.25, -0.2) is 0 Å². The minimum Gasteiger partial charge on any atom is -0.393 e. The standard InChI is InChI=1S/C18H34O2/c1-12(16(19)13-7-8-13)9-14-15(10-17(2,3)4)20-11-18(14,5)6/h12-16,19H,7-11H2,1-6H3/t12?,14-,15?,16?/m0/s1. The van der Waals surface area contributed by atoms with Gasteiger partial charge in [0, 0.05) is 0 Å². The highest BCUT2D eigenvalue weighted by atomic mass is 16.5. The van der Waals surface area contributed by atoms with Crippen molar-refractivity contribution in [1.29, 1.82) is 0 Å². The van der Waals surface area contributed by atoms with E-state index >= 15 is 0 Å². The van der Waals surface area contributed by atoms with Crippen LogP contribution in [-0.2, 0) is 4.74 Å². The third kappa shape index (κ3) is 3.98. The van der Waals surface area contributed by atoms with Crippen LogP contribution in [0, 0.1) is 28.6 Å². The Morgan fingerprint density at radius 2 is 1.85 bits per heavy atom. The van der Waals surface area contributed by atoms with Crippen molar-refractivity contribution >= 4 is 0 Å². The van der Waals surface area contributed by atoms with Gasteiger partial charge in [0.15, 0.2) is 0 Å². The maximum Gasteiger partial charge on any atom is 0.0614 e. The molecule has 3 unspecified atom stereocenters. The Hall–Kier alpha value is -0.0800. The predicted molar refractivity (Wildman–Crippen MR) is 83.6 cm³/mol. The molecule has 2 aliphatic rings. The SMILES string of the molecule is CC(C[C@H]1C(CC(C)(C)C)OCC1(C)C)C(O)C1CC1. The van der Waals surface area contributed by atoms with E-state index in [1.54, 1.807) is 0 Å². The van der Waals surface area contributed by atoms with Crippen LogP contribution < -0.4 is 0 Å². The first-order chi connectivity index (χ1) is 9.10. The molecule has 1 aliphatic carbocycles. The molecular weight excluding hydrogens is 248 g/mol. The Kier molecular flexibility index (Phi) is 4.57. The molecule has 1 saturated carbocycles. The molecule has 4 atom stereocenters. The fraction of sp³-hybridized carbons (Fsp3) is 1.00. The van der Waals surface area contributed by atoms with E-state index in [-0.39, 0.29) is 11.5 Å². The lowest BCUT2D eigenvalue weighted by atomic mass is 9.70. The molecule has 2 nitrogen and oxygen atoms in total. The van der Waals surface area contributed by atoms with Gasteiger partial charge in [-0.05, 0) is 54.3 Å². The summed E-state index contributed by atoms with van der Waals surface area (Å²) in [7, 11) is 0. The van der Waals surface area contributed by atoms with E-state index in [0.29, 0.717) is 29.3 Å². The number of hydrogen-bond donors (Lipinski definition) is 1. The Balaban J connectivity index is 2.00. The van der Waals surface area contributed by atoms with Crippen LogP contribution in [0.3, 0.4) is 0 Å². The van der Waals surface area contributed by atoms with Crippen molar-refractivity contribution < 1.29 is 9.84 Å². The second-order valence-electron chi connectivity index (χ2n) is 9.25. The maximum atomic E-state index is 10.4. The van der Waals surface area contributed by atoms with Gasteiger partial charge in [-0.1, -0.05) is 41.5 Å². The van der Waals surface area contributed by atoms with E-state index in [1.165, 1.54) is 12.8 Å². The topological polar surface area (TPSA) is 29.5 Å². The molecule has 118 valence electrons. The second kappa shape index (κ2) is 5.61. The van der Waals surface area contributed by atoms with Crippen LogP contribution in [0.25, 0.3) is 0 Å². The van der Waals surface area contributed by atoms with Crippen LogP contribution in [0.1, 0.15) is 67.2 Å². The van der Waals surface area contributed by atoms with Crippen molar-refractivity contribution in [1.82, 2.24) is 0 Å². The largest absolute Gasteiger partial charge is 0.393 e. The molecule has 1 heterocycles. The molecule has 2 heteroatoms. The van der Waals surface area contributed by atoms with Crippen molar-refractivity contribution in [3.05, 3.63) is 0 Å². The molecule has 0 aromatic carbocycles. The average Bonchev–Trinajstić information content (AvgIpc) is 3.09. The van der Waals surface area contributed by atoms with Crippen LogP contribution >= 0.6 is 0 Å². The van der Waals surface area contributed by atoms with Gasteiger partial charge in [-0.3, -0.25) is 0 Å². The zero-order valence-electron chi connectivity index (χ0n) is 14.3. The smallest absolute Gasteiger partial charge is 0.0614 e. The number of hydrogen-bond acceptors (Lipinski definition) is 2. The zero-order valence-corrected chi connectivity index (χ0v) is 14.3. The van der Waals surface area contributed by atoms with E-state index in [2.05, 4.69) is 41.5 Å². The average molecular weight is 282 g/mol. The molecule has 0 radical (unpaired) electrons. The normalized spacial score (nSPS) is 33.1. The van der Waals surface area contributed by atoms with Gasteiger partial charge in [-0.15, -0.1) is 0 Å². The van der Waals surface area contributed by atoms with E-state index in [1.807, 2.05) is 0 Å². The lowest BCUT2D eigenvalue weighted by Gasteiger charge is -2.34. The summed E-state index contributed by atoms with van der Waals surface area (Å²) in [5.41, 5.74) is 0.551. The third-order valence-corrected chi connectivity index (χ3v) is 5.25. The van der Waals surface area contributed by atoms with E-state index < -0.39 is 0 Å². The van der Waals surface area contributed by atoms with Crippen LogP contribution in [0.5, 0.6) is 0 Å². The number of aliphatic hydroxyl groups is 1. The van der Waals surface area contributed by atoms with Gasteiger partial charge in [0.05, 0.1) is 18.8 Å². The quantitative estimate of drug-likeness (QED) is 0.816. The highest BCUT2D eigenvalue weighted by molar-refractivity contribution is 4.94. The summed E-state index contributed by atoms with van der Waals surface area (Å²) >= 11 is 0. The van der Waals surface area contributed by atoms with Crippen molar-refractivity contribution in [3.8, 4) is 0 Å². The van der Waals surface area contributed by atoms with Crippen LogP contribution in [0.4, 0.5) is 0 Å². The fourth-order valence-electron chi connectivity index (χ4n) is 3.77. The Labute approximate surface area is 125 Å². The highest BCUT2D eigenvalue weighted by Gasteiger charge is 2.46. The van der Waals surface area contributed by atoms with Gasteiger partial charge in [0.1, 0.15) is 0 Å². The molecule has 0 spiro atoms. The van der Waals surface area contributed by atoms with Crippen molar-refractivity contribution in [3.63, 3.8) is 0 Å². The molecule has 1 saturated heterocycles. The lowest BCUT2D eigenvalue weighted by Crippen LogP contribution is -2.33. The summed E-state index contributed by atoms with van der Waals surface area (Å²) < 4.78 is 6.13. The lowest BCUT2D eigenvalue weighted by molar-refractivity contribution is 0.0341. The first kappa shape index (κ1) is 16.3. The first-order valence-electron chi connectivity index (χ1n) is 8.40. The van der Waals surface area contributed by atoms with Crippen LogP contribution in [0.15, 0.2) is 0 Å². The Morgan fingerprint density at radius 3 is 2.35 bits per heavy atom. The van der Waals surface area contributed by atoms with Crippen molar-refractivity contribution in [2.75, 3.05) is 6.61 Å². The summed E-state index contributed by atoms with van der Waals surface area (Å²) in [5.74, 6) is 1.55. The fourth-order valence-corrected chi connectivity index (χ4v) is 3.77. The zero-order chi connectivity index (χ0) is 15.1. The minimum absolute atomic E-state index is 0.0957. The van der Waals surface area contributed by atoms with Crippen molar-refractivity contribution in [2.24, 2.45) is 28.6 Å². The summed E-state index contributed by atoms with van der Waals surface area (Å²) in [6.45, 7) is 14.6. The second-order valence-corrected chi connectivity index (χ2v) is 9.25. The molecule has 2 rings (SSSR count). The van der Waals surface area contributed by atoms with E-state index in [4.69, 9.17) is 4.74 Å². The minimum atomic E-state index is -0.0957. The summed E-state index contributed by atoms with van der Waals surface area (Å²) in [6.07, 6.45) is 4.93. The Morgan fingerprint density at radius 1 is 1.25 bits per heavy atom. The molecule has 0 aromatic heterocycles. The molecule has 0 aromatic rings. The van der Waals surface area contributed by atoms with Gasteiger partial charge in [0.25, 0.3) is 0 Å². The summed E-state index contributed by atoms with van der Waals surface area (Å²) in [4.78, 5) is 0. The molecule has 1 aliphatic heterocycles. The maximum absolute atomic E-state index is 10.4.